The Hall–Kier alpha value is -3.12. The molecule has 0 saturated heterocycles. The Kier molecular flexibility index (Phi) is 5.11. The first-order chi connectivity index (χ1) is 13.9. The molecule has 2 heterocycles. The van der Waals surface area contributed by atoms with E-state index in [1.807, 2.05) is 36.4 Å². The van der Waals surface area contributed by atoms with Gasteiger partial charge in [0.2, 0.25) is 5.91 Å². The third kappa shape index (κ3) is 3.89. The molecular weight excluding hydrogens is 388 g/mol. The standard InChI is InChI=1S/C22H21ClN4O2/c1-13(2)14-5-9-17(10-6-14)25-20(28)11-19-22(29)26-21-18(12-24-27(19)21)15-3-7-16(23)8-4-15/h3-10,12-13,19H,11H2,1-2H3,(H,25,28)(H,26,29). The van der Waals surface area contributed by atoms with Crippen molar-refractivity contribution < 1.29 is 9.59 Å². The van der Waals surface area contributed by atoms with Crippen LogP contribution >= 0.6 is 11.6 Å². The van der Waals surface area contributed by atoms with E-state index in [2.05, 4.69) is 29.6 Å². The SMILES string of the molecule is CC(C)c1ccc(NC(=O)CC2C(=O)Nc3c(-c4ccc(Cl)cc4)cnn32)cc1. The molecular formula is C22H21ClN4O2. The van der Waals surface area contributed by atoms with Gasteiger partial charge in [-0.3, -0.25) is 9.59 Å². The number of anilines is 2. The van der Waals surface area contributed by atoms with Crippen LogP contribution in [0.15, 0.2) is 54.7 Å². The Bertz CT molecular complexity index is 1060. The van der Waals surface area contributed by atoms with Gasteiger partial charge < -0.3 is 10.6 Å². The first-order valence-electron chi connectivity index (χ1n) is 9.46. The Morgan fingerprint density at radius 1 is 1.17 bits per heavy atom. The van der Waals surface area contributed by atoms with E-state index >= 15 is 0 Å². The molecule has 1 aliphatic heterocycles. The first-order valence-corrected chi connectivity index (χ1v) is 9.84. The van der Waals surface area contributed by atoms with Crippen LogP contribution in [0.1, 0.15) is 37.8 Å². The Balaban J connectivity index is 1.48. The molecule has 2 amide bonds. The molecule has 1 unspecified atom stereocenters. The molecule has 4 rings (SSSR count). The zero-order valence-electron chi connectivity index (χ0n) is 16.1. The van der Waals surface area contributed by atoms with E-state index in [1.165, 1.54) is 5.56 Å². The fraction of sp³-hybridized carbons (Fsp3) is 0.227. The molecule has 2 aromatic carbocycles. The van der Waals surface area contributed by atoms with Crippen LogP contribution < -0.4 is 10.6 Å². The van der Waals surface area contributed by atoms with Crippen molar-refractivity contribution in [3.63, 3.8) is 0 Å². The van der Waals surface area contributed by atoms with Gasteiger partial charge in [-0.2, -0.15) is 5.10 Å². The molecule has 0 aliphatic carbocycles. The van der Waals surface area contributed by atoms with Gasteiger partial charge in [0, 0.05) is 16.3 Å². The summed E-state index contributed by atoms with van der Waals surface area (Å²) in [5.41, 5.74) is 3.60. The van der Waals surface area contributed by atoms with E-state index in [9.17, 15) is 9.59 Å². The second-order valence-electron chi connectivity index (χ2n) is 7.39. The van der Waals surface area contributed by atoms with Crippen molar-refractivity contribution >= 4 is 34.9 Å². The lowest BCUT2D eigenvalue weighted by Crippen LogP contribution is -2.23. The number of aromatic nitrogens is 2. The average Bonchev–Trinajstić information content (AvgIpc) is 3.22. The maximum atomic E-state index is 12.5. The molecule has 3 aromatic rings. The Morgan fingerprint density at radius 3 is 2.52 bits per heavy atom. The quantitative estimate of drug-likeness (QED) is 0.633. The predicted molar refractivity (Wildman–Crippen MR) is 114 cm³/mol. The van der Waals surface area contributed by atoms with Gasteiger partial charge >= 0.3 is 0 Å². The van der Waals surface area contributed by atoms with Gasteiger partial charge in [-0.05, 0) is 41.3 Å². The number of carbonyl (C=O) groups is 2. The van der Waals surface area contributed by atoms with Crippen molar-refractivity contribution in [2.45, 2.75) is 32.2 Å². The lowest BCUT2D eigenvalue weighted by Gasteiger charge is -2.11. The molecule has 1 atom stereocenters. The van der Waals surface area contributed by atoms with Crippen LogP contribution in [-0.2, 0) is 9.59 Å². The number of nitrogens with zero attached hydrogens (tertiary/aromatic N) is 2. The molecule has 6 nitrogen and oxygen atoms in total. The van der Waals surface area contributed by atoms with Crippen molar-refractivity contribution in [1.29, 1.82) is 0 Å². The summed E-state index contributed by atoms with van der Waals surface area (Å²) in [6, 6.07) is 14.4. The van der Waals surface area contributed by atoms with Crippen LogP contribution in [0.4, 0.5) is 11.5 Å². The number of amides is 2. The van der Waals surface area contributed by atoms with Crippen LogP contribution in [0.25, 0.3) is 11.1 Å². The number of hydrogen-bond donors (Lipinski definition) is 2. The highest BCUT2D eigenvalue weighted by Gasteiger charge is 2.35. The van der Waals surface area contributed by atoms with Crippen molar-refractivity contribution in [1.82, 2.24) is 9.78 Å². The molecule has 29 heavy (non-hydrogen) atoms. The van der Waals surface area contributed by atoms with Gasteiger partial charge in [-0.15, -0.1) is 0 Å². The van der Waals surface area contributed by atoms with Gasteiger partial charge in [0.1, 0.15) is 11.9 Å². The fourth-order valence-electron chi connectivity index (χ4n) is 3.39. The van der Waals surface area contributed by atoms with E-state index in [4.69, 9.17) is 11.6 Å². The second-order valence-corrected chi connectivity index (χ2v) is 7.83. The molecule has 0 spiro atoms. The van der Waals surface area contributed by atoms with E-state index in [0.29, 0.717) is 22.4 Å². The maximum absolute atomic E-state index is 12.5. The van der Waals surface area contributed by atoms with Gasteiger partial charge in [0.05, 0.1) is 12.6 Å². The highest BCUT2D eigenvalue weighted by molar-refractivity contribution is 6.30. The number of fused-ring (bicyclic) bond motifs is 1. The minimum atomic E-state index is -0.680. The summed E-state index contributed by atoms with van der Waals surface area (Å²) >= 11 is 5.95. The summed E-state index contributed by atoms with van der Waals surface area (Å²) in [5.74, 6) is 0.541. The van der Waals surface area contributed by atoms with Crippen LogP contribution in [-0.4, -0.2) is 21.6 Å². The van der Waals surface area contributed by atoms with Crippen LogP contribution in [0.3, 0.4) is 0 Å². The summed E-state index contributed by atoms with van der Waals surface area (Å²) in [6.07, 6.45) is 1.69. The molecule has 0 fully saturated rings. The molecule has 2 N–H and O–H groups in total. The largest absolute Gasteiger partial charge is 0.326 e. The number of carbonyl (C=O) groups excluding carboxylic acids is 2. The fourth-order valence-corrected chi connectivity index (χ4v) is 3.52. The number of hydrogen-bond acceptors (Lipinski definition) is 3. The summed E-state index contributed by atoms with van der Waals surface area (Å²) in [6.45, 7) is 4.23. The summed E-state index contributed by atoms with van der Waals surface area (Å²) in [5, 5.41) is 10.7. The predicted octanol–water partition coefficient (Wildman–Crippen LogP) is 4.85. The van der Waals surface area contributed by atoms with Crippen molar-refractivity contribution in [2.24, 2.45) is 0 Å². The van der Waals surface area contributed by atoms with Gasteiger partial charge in [0.25, 0.3) is 5.91 Å². The zero-order chi connectivity index (χ0) is 20.5. The highest BCUT2D eigenvalue weighted by atomic mass is 35.5. The third-order valence-electron chi connectivity index (χ3n) is 5.03. The smallest absolute Gasteiger partial charge is 0.251 e. The molecule has 148 valence electrons. The van der Waals surface area contributed by atoms with Gasteiger partial charge in [0.15, 0.2) is 0 Å². The molecule has 7 heteroatoms. The normalized spacial score (nSPS) is 15.3. The molecule has 0 saturated carbocycles. The average molecular weight is 409 g/mol. The minimum Gasteiger partial charge on any atom is -0.326 e. The molecule has 1 aliphatic rings. The summed E-state index contributed by atoms with van der Waals surface area (Å²) in [4.78, 5) is 25.0. The number of nitrogens with one attached hydrogen (secondary N) is 2. The van der Waals surface area contributed by atoms with Crippen molar-refractivity contribution in [3.8, 4) is 11.1 Å². The van der Waals surface area contributed by atoms with Gasteiger partial charge in [-0.25, -0.2) is 4.68 Å². The lowest BCUT2D eigenvalue weighted by atomic mass is 10.0. The van der Waals surface area contributed by atoms with Gasteiger partial charge in [-0.1, -0.05) is 49.7 Å². The maximum Gasteiger partial charge on any atom is 0.251 e. The lowest BCUT2D eigenvalue weighted by molar-refractivity contribution is -0.123. The van der Waals surface area contributed by atoms with E-state index in [1.54, 1.807) is 23.0 Å². The van der Waals surface area contributed by atoms with E-state index in [0.717, 1.165) is 11.1 Å². The number of rotatable bonds is 5. The second kappa shape index (κ2) is 7.72. The third-order valence-corrected chi connectivity index (χ3v) is 5.28. The van der Waals surface area contributed by atoms with Crippen LogP contribution in [0.5, 0.6) is 0 Å². The monoisotopic (exact) mass is 408 g/mol. The number of benzene rings is 2. The van der Waals surface area contributed by atoms with E-state index in [-0.39, 0.29) is 18.2 Å². The summed E-state index contributed by atoms with van der Waals surface area (Å²) in [7, 11) is 0. The Labute approximate surface area is 173 Å². The van der Waals surface area contributed by atoms with Crippen LogP contribution in [0.2, 0.25) is 5.02 Å². The number of halogens is 1. The zero-order valence-corrected chi connectivity index (χ0v) is 16.9. The van der Waals surface area contributed by atoms with Crippen molar-refractivity contribution in [3.05, 3.63) is 65.3 Å². The topological polar surface area (TPSA) is 76.0 Å². The Morgan fingerprint density at radius 2 is 1.86 bits per heavy atom. The van der Waals surface area contributed by atoms with Crippen LogP contribution in [0, 0.1) is 0 Å². The van der Waals surface area contributed by atoms with E-state index < -0.39 is 6.04 Å². The molecule has 0 radical (unpaired) electrons. The van der Waals surface area contributed by atoms with Crippen molar-refractivity contribution in [2.75, 3.05) is 10.6 Å². The first kappa shape index (κ1) is 19.2. The molecule has 0 bridgehead atoms. The highest BCUT2D eigenvalue weighted by Crippen LogP contribution is 2.36. The summed E-state index contributed by atoms with van der Waals surface area (Å²) < 4.78 is 1.58. The minimum absolute atomic E-state index is 0.00645. The molecule has 1 aromatic heterocycles.